The Kier molecular flexibility index (Phi) is 9.03. The minimum absolute atomic E-state index is 0.224. The molecule has 6 saturated carbocycles. The Morgan fingerprint density at radius 3 is 0.967 bits per heavy atom. The van der Waals surface area contributed by atoms with Crippen LogP contribution in [0.3, 0.4) is 0 Å². The molecule has 6 unspecified atom stereocenters. The van der Waals surface area contributed by atoms with E-state index in [0.717, 1.165) is 54.1 Å². The van der Waals surface area contributed by atoms with Gasteiger partial charge in [-0.3, -0.25) is 0 Å². The summed E-state index contributed by atoms with van der Waals surface area (Å²) in [6.45, 7) is 22.2. The van der Waals surface area contributed by atoms with Gasteiger partial charge in [0, 0.05) is 52.6 Å². The van der Waals surface area contributed by atoms with Crippen LogP contribution >= 0.6 is 0 Å². The average Bonchev–Trinajstić information content (AvgIpc) is 3.84. The van der Waals surface area contributed by atoms with Gasteiger partial charge in [-0.15, -0.1) is 17.2 Å². The van der Waals surface area contributed by atoms with Gasteiger partial charge in [-0.2, -0.15) is 15.0 Å². The quantitative estimate of drug-likeness (QED) is 0.249. The van der Waals surface area contributed by atoms with E-state index in [1.807, 2.05) is 0 Å². The van der Waals surface area contributed by atoms with Crippen molar-refractivity contribution in [2.24, 2.45) is 50.2 Å². The Balaban J connectivity index is 0.924. The lowest BCUT2D eigenvalue weighted by atomic mass is 9.69. The van der Waals surface area contributed by atoms with E-state index in [0.29, 0.717) is 34.1 Å². The number of hydrogen-bond acceptors (Lipinski definition) is 6. The molecule has 1 aromatic rings. The molecule has 0 radical (unpaired) electrons. The van der Waals surface area contributed by atoms with Crippen molar-refractivity contribution in [3.8, 4) is 0 Å². The first-order valence-electron chi connectivity index (χ1n) is 23.1. The Morgan fingerprint density at radius 2 is 0.733 bits per heavy atom. The van der Waals surface area contributed by atoms with Crippen LogP contribution in [0.25, 0.3) is 0 Å². The van der Waals surface area contributed by atoms with Gasteiger partial charge >= 0.3 is 0 Å². The molecule has 1 heterocycles. The highest BCUT2D eigenvalue weighted by molar-refractivity contribution is 5.54. The van der Waals surface area contributed by atoms with Crippen LogP contribution in [0, 0.1) is 50.2 Å². The zero-order chi connectivity index (χ0) is 41.9. The third kappa shape index (κ3) is 6.15. The molecule has 6 heteroatoms. The van der Waals surface area contributed by atoms with Crippen molar-refractivity contribution in [1.82, 2.24) is 15.0 Å². The molecule has 9 aliphatic rings. The number of allylic oxidation sites excluding steroid dienone is 12. The third-order valence-corrected chi connectivity index (χ3v) is 19.0. The van der Waals surface area contributed by atoms with E-state index in [4.69, 9.17) is 15.0 Å². The van der Waals surface area contributed by atoms with E-state index < -0.39 is 0 Å². The van der Waals surface area contributed by atoms with Gasteiger partial charge in [0.2, 0.25) is 17.8 Å². The molecule has 10 rings (SSSR count). The van der Waals surface area contributed by atoms with E-state index in [2.05, 4.69) is 150 Å². The van der Waals surface area contributed by atoms with Crippen LogP contribution in [0.2, 0.25) is 0 Å². The fourth-order valence-electron chi connectivity index (χ4n) is 13.3. The minimum atomic E-state index is 0.224. The molecule has 6 bridgehead atoms. The maximum atomic E-state index is 4.98. The molecule has 60 heavy (non-hydrogen) atoms. The number of nitrogens with zero attached hydrogens (tertiary/aromatic N) is 3. The van der Waals surface area contributed by atoms with Crippen LogP contribution in [0.4, 0.5) is 17.8 Å². The van der Waals surface area contributed by atoms with Crippen molar-refractivity contribution in [1.29, 1.82) is 0 Å². The molecule has 0 amide bonds. The predicted molar refractivity (Wildman–Crippen MR) is 246 cm³/mol. The second-order valence-corrected chi connectivity index (χ2v) is 22.2. The van der Waals surface area contributed by atoms with Crippen molar-refractivity contribution in [3.63, 3.8) is 0 Å². The molecule has 3 N–H and O–H groups in total. The lowest BCUT2D eigenvalue weighted by Gasteiger charge is -2.34. The first-order chi connectivity index (χ1) is 28.5. The molecule has 0 aromatic carbocycles. The monoisotopic (exact) mass is 799 g/mol. The zero-order valence-corrected chi connectivity index (χ0v) is 37.8. The van der Waals surface area contributed by atoms with Crippen LogP contribution in [-0.4, -0.2) is 15.0 Å². The van der Waals surface area contributed by atoms with Gasteiger partial charge in [0.1, 0.15) is 0 Å². The number of fused-ring (bicyclic) bond motifs is 6. The van der Waals surface area contributed by atoms with Gasteiger partial charge in [0.15, 0.2) is 0 Å². The maximum Gasteiger partial charge on any atom is 0.233 e. The van der Waals surface area contributed by atoms with Crippen LogP contribution in [-0.2, 0) is 0 Å². The Morgan fingerprint density at radius 1 is 0.450 bits per heavy atom. The van der Waals surface area contributed by atoms with Crippen LogP contribution in [0.1, 0.15) is 139 Å². The van der Waals surface area contributed by atoms with Crippen molar-refractivity contribution in [3.05, 3.63) is 122 Å². The molecular weight excluding hydrogens is 733 g/mol. The van der Waals surface area contributed by atoms with Gasteiger partial charge in [0.05, 0.1) is 0 Å². The summed E-state index contributed by atoms with van der Waals surface area (Å²) in [5, 5.41) is 10.8. The number of rotatable bonds is 6. The SMILES string of the molecule is CC12CCC(CC1=C=C1C=CC=C(Nc3nc(NC4=CC=CC(=C=C5CC6CCC5(C)C6(C)C)C4)nc(NC4=CC=CC(=C=C5CC6CCC5(C)C6(C)C)C4)n3)C1)C2(C)C. The average molecular weight is 799 g/mol. The lowest BCUT2D eigenvalue weighted by molar-refractivity contribution is 0.179. The Bertz CT molecular complexity index is 2190. The largest absolute Gasteiger partial charge is 0.327 e. The summed E-state index contributed by atoms with van der Waals surface area (Å²) in [7, 11) is 0. The molecule has 0 saturated heterocycles. The molecule has 9 aliphatic carbocycles. The molecule has 0 aliphatic heterocycles. The number of anilines is 3. The van der Waals surface area contributed by atoms with E-state index in [1.54, 1.807) is 0 Å². The second kappa shape index (κ2) is 13.7. The smallest absolute Gasteiger partial charge is 0.233 e. The Hall–Kier alpha value is -4.59. The van der Waals surface area contributed by atoms with E-state index in [-0.39, 0.29) is 16.2 Å². The number of aromatic nitrogens is 3. The summed E-state index contributed by atoms with van der Waals surface area (Å²) in [4.78, 5) is 14.9. The van der Waals surface area contributed by atoms with E-state index >= 15 is 0 Å². The van der Waals surface area contributed by atoms with Crippen molar-refractivity contribution >= 4 is 17.8 Å². The molecule has 1 aromatic heterocycles. The topological polar surface area (TPSA) is 74.8 Å². The molecule has 6 fully saturated rings. The highest BCUT2D eigenvalue weighted by Crippen LogP contribution is 2.69. The van der Waals surface area contributed by atoms with Crippen LogP contribution in [0.5, 0.6) is 0 Å². The van der Waals surface area contributed by atoms with E-state index in [1.165, 1.54) is 91.2 Å². The first kappa shape index (κ1) is 39.5. The standard InChI is InChI=1S/C54H66N6/c1-49(2)37-19-22-52(49,7)40(31-37)25-34-13-10-16-43(28-34)55-46-58-47(56-44-17-11-14-35(29-44)26-41-32-38-20-23-53(41,8)50(38,3)4)60-48(59-46)57-45-18-12-15-36(30-45)27-42-33-39-21-24-54(42,9)51(39,5)6/h10-18,37-39H,19-24,28-33H2,1-9H3,(H3,55,56,57,58,59,60). The predicted octanol–water partition coefficient (Wildman–Crippen LogP) is 13.5. The van der Waals surface area contributed by atoms with Crippen molar-refractivity contribution < 1.29 is 0 Å². The Labute approximate surface area is 359 Å². The zero-order valence-electron chi connectivity index (χ0n) is 37.8. The molecule has 6 atom stereocenters. The van der Waals surface area contributed by atoms with Crippen molar-refractivity contribution in [2.45, 2.75) is 139 Å². The summed E-state index contributed by atoms with van der Waals surface area (Å²) in [5.41, 5.74) is 24.7. The lowest BCUT2D eigenvalue weighted by Crippen LogP contribution is -2.27. The van der Waals surface area contributed by atoms with Gasteiger partial charge in [-0.05, 0) is 143 Å². The van der Waals surface area contributed by atoms with Crippen LogP contribution < -0.4 is 16.0 Å². The molecular formula is C54H66N6. The summed E-state index contributed by atoms with van der Waals surface area (Å²) in [6.07, 6.45) is 33.0. The normalized spacial score (nSPS) is 34.8. The minimum Gasteiger partial charge on any atom is -0.327 e. The number of nitrogens with one attached hydrogen (secondary N) is 3. The second-order valence-electron chi connectivity index (χ2n) is 22.2. The summed E-state index contributed by atoms with van der Waals surface area (Å²) < 4.78 is 0. The van der Waals surface area contributed by atoms with Crippen molar-refractivity contribution in [2.75, 3.05) is 16.0 Å². The summed E-state index contributed by atoms with van der Waals surface area (Å²) in [5.74, 6) is 3.81. The van der Waals surface area contributed by atoms with Gasteiger partial charge in [-0.1, -0.05) is 98.8 Å². The van der Waals surface area contributed by atoms with E-state index in [9.17, 15) is 0 Å². The van der Waals surface area contributed by atoms with Gasteiger partial charge in [0.25, 0.3) is 0 Å². The maximum absolute atomic E-state index is 4.98. The summed E-state index contributed by atoms with van der Waals surface area (Å²) >= 11 is 0. The van der Waals surface area contributed by atoms with Gasteiger partial charge in [-0.25, -0.2) is 0 Å². The fourth-order valence-corrected chi connectivity index (χ4v) is 13.3. The summed E-state index contributed by atoms with van der Waals surface area (Å²) in [6, 6.07) is 0. The van der Waals surface area contributed by atoms with Crippen LogP contribution in [0.15, 0.2) is 122 Å². The van der Waals surface area contributed by atoms with Gasteiger partial charge < -0.3 is 16.0 Å². The number of hydrogen-bond donors (Lipinski definition) is 3. The first-order valence-corrected chi connectivity index (χ1v) is 23.1. The third-order valence-electron chi connectivity index (χ3n) is 19.0. The highest BCUT2D eigenvalue weighted by Gasteiger charge is 2.60. The molecule has 312 valence electrons. The fraction of sp³-hybridized carbons (Fsp3) is 0.556. The highest BCUT2D eigenvalue weighted by atomic mass is 15.3. The molecule has 0 spiro atoms. The molecule has 6 nitrogen and oxygen atoms in total.